The van der Waals surface area contributed by atoms with Crippen LogP contribution in [-0.2, 0) is 27.1 Å². The molecule has 364 valence electrons. The van der Waals surface area contributed by atoms with Gasteiger partial charge in [0.05, 0.1) is 5.69 Å². The van der Waals surface area contributed by atoms with Gasteiger partial charge in [-0.25, -0.2) is 0 Å². The molecule has 0 amide bonds. The van der Waals surface area contributed by atoms with E-state index in [1.54, 1.807) is 0 Å². The van der Waals surface area contributed by atoms with E-state index in [2.05, 4.69) is 256 Å². The van der Waals surface area contributed by atoms with Crippen molar-refractivity contribution in [3.8, 4) is 0 Å². The molecule has 2 aliphatic carbocycles. The number of hydrogen-bond donors (Lipinski definition) is 0. The third-order valence-electron chi connectivity index (χ3n) is 17.6. The van der Waals surface area contributed by atoms with E-state index in [1.165, 1.54) is 84.3 Å². The van der Waals surface area contributed by atoms with Crippen molar-refractivity contribution in [2.24, 2.45) is 0 Å². The van der Waals surface area contributed by atoms with Crippen LogP contribution in [0.25, 0.3) is 21.9 Å². The highest BCUT2D eigenvalue weighted by Crippen LogP contribution is 2.55. The molecular weight excluding hydrogens is 886 g/mol. The number of hydrogen-bond acceptors (Lipinski definition) is 4. The average molecular weight is 954 g/mol. The van der Waals surface area contributed by atoms with Gasteiger partial charge in [0.1, 0.15) is 5.58 Å². The number of nitrogens with zero attached hydrogens (tertiary/aromatic N) is 3. The molecule has 0 radical (unpaired) electrons. The van der Waals surface area contributed by atoms with Crippen LogP contribution in [0.5, 0.6) is 0 Å². The van der Waals surface area contributed by atoms with Crippen molar-refractivity contribution in [2.75, 3.05) is 14.7 Å². The molecular formula is C68H68BN3O. The van der Waals surface area contributed by atoms with Crippen molar-refractivity contribution < 1.29 is 4.42 Å². The van der Waals surface area contributed by atoms with Gasteiger partial charge < -0.3 is 19.1 Å². The average Bonchev–Trinajstić information content (AvgIpc) is 3.84. The number of anilines is 9. The van der Waals surface area contributed by atoms with E-state index in [1.807, 2.05) is 0 Å². The van der Waals surface area contributed by atoms with E-state index < -0.39 is 0 Å². The van der Waals surface area contributed by atoms with Gasteiger partial charge in [0.25, 0.3) is 6.71 Å². The maximum Gasteiger partial charge on any atom is 0.252 e. The minimum atomic E-state index is -0.124. The van der Waals surface area contributed by atoms with Gasteiger partial charge in [-0.15, -0.1) is 0 Å². The number of benzene rings is 8. The summed E-state index contributed by atoms with van der Waals surface area (Å²) in [5.74, 6) is 0. The Kier molecular flexibility index (Phi) is 9.75. The fourth-order valence-electron chi connectivity index (χ4n) is 14.2. The standard InChI is InChI=1S/C68H68BN3O/c1-42-35-58-62-59(36-42)72(55-32-30-49(64(2,3)4)61-47-25-19-20-26-60(47)73-63(55)61)56-38-46(70(43-21-15-13-16-22-43)44-23-17-14-18-24-44)28-31-53(56)69(62)54-39-51-52(68(11,12)41-67(51,9)10)40-57(54)71(58)45-27-29-48-50(37-45)66(7,8)34-33-65(48,5)6/h13-32,35-40H,33-34,41H2,1-12H3. The van der Waals surface area contributed by atoms with Crippen LogP contribution < -0.4 is 31.1 Å². The molecule has 0 spiro atoms. The molecule has 0 fully saturated rings. The molecule has 5 heteroatoms. The Morgan fingerprint density at radius 1 is 0.493 bits per heavy atom. The van der Waals surface area contributed by atoms with Crippen LogP contribution >= 0.6 is 0 Å². The predicted octanol–water partition coefficient (Wildman–Crippen LogP) is 17.1. The number of furan rings is 1. The summed E-state index contributed by atoms with van der Waals surface area (Å²) in [4.78, 5) is 7.65. The van der Waals surface area contributed by atoms with Gasteiger partial charge in [0, 0.05) is 56.3 Å². The Hall–Kier alpha value is -6.98. The maximum atomic E-state index is 7.21. The minimum absolute atomic E-state index is 0.0114. The second-order valence-corrected chi connectivity index (χ2v) is 25.7. The fraction of sp³-hybridized carbons (Fsp3) is 0.294. The normalized spacial score (nSPS) is 17.5. The summed E-state index contributed by atoms with van der Waals surface area (Å²) in [7, 11) is 0. The van der Waals surface area contributed by atoms with Gasteiger partial charge in [-0.1, -0.05) is 155 Å². The van der Waals surface area contributed by atoms with Gasteiger partial charge in [0.15, 0.2) is 5.58 Å². The molecule has 0 saturated heterocycles. The van der Waals surface area contributed by atoms with Gasteiger partial charge in [-0.05, 0) is 182 Å². The lowest BCUT2D eigenvalue weighted by atomic mass is 9.33. The number of para-hydroxylation sites is 3. The van der Waals surface area contributed by atoms with E-state index in [4.69, 9.17) is 4.42 Å². The van der Waals surface area contributed by atoms with Crippen molar-refractivity contribution in [3.63, 3.8) is 0 Å². The Morgan fingerprint density at radius 2 is 1.08 bits per heavy atom. The molecule has 4 aliphatic rings. The summed E-state index contributed by atoms with van der Waals surface area (Å²) >= 11 is 0. The first-order chi connectivity index (χ1) is 34.7. The molecule has 0 atom stereocenters. The zero-order chi connectivity index (χ0) is 50.7. The Morgan fingerprint density at radius 3 is 1.75 bits per heavy atom. The van der Waals surface area contributed by atoms with Crippen LogP contribution in [0.2, 0.25) is 0 Å². The molecule has 4 nitrogen and oxygen atoms in total. The number of aryl methyl sites for hydroxylation is 1. The van der Waals surface area contributed by atoms with Crippen LogP contribution in [0.15, 0.2) is 162 Å². The summed E-state index contributed by atoms with van der Waals surface area (Å²) in [6.07, 6.45) is 3.45. The van der Waals surface area contributed by atoms with Crippen molar-refractivity contribution >= 4 is 96.2 Å². The highest BCUT2D eigenvalue weighted by atomic mass is 16.3. The zero-order valence-corrected chi connectivity index (χ0v) is 45.0. The van der Waals surface area contributed by atoms with Gasteiger partial charge >= 0.3 is 0 Å². The molecule has 13 rings (SSSR count). The lowest BCUT2D eigenvalue weighted by Gasteiger charge is -2.46. The van der Waals surface area contributed by atoms with E-state index in [9.17, 15) is 0 Å². The predicted molar refractivity (Wildman–Crippen MR) is 312 cm³/mol. The van der Waals surface area contributed by atoms with Gasteiger partial charge in [0.2, 0.25) is 0 Å². The quantitative estimate of drug-likeness (QED) is 0.160. The van der Waals surface area contributed by atoms with Crippen molar-refractivity contribution in [3.05, 3.63) is 191 Å². The summed E-state index contributed by atoms with van der Waals surface area (Å²) in [6.45, 7) is 28.9. The Labute approximate surface area is 433 Å². The van der Waals surface area contributed by atoms with Crippen LogP contribution in [0.3, 0.4) is 0 Å². The lowest BCUT2D eigenvalue weighted by molar-refractivity contribution is 0.332. The first-order valence-electron chi connectivity index (χ1n) is 26.8. The molecule has 3 heterocycles. The third-order valence-corrected chi connectivity index (χ3v) is 17.6. The molecule has 2 aliphatic heterocycles. The fourth-order valence-corrected chi connectivity index (χ4v) is 14.2. The van der Waals surface area contributed by atoms with Crippen LogP contribution in [0.4, 0.5) is 51.2 Å². The smallest absolute Gasteiger partial charge is 0.252 e. The number of fused-ring (bicyclic) bond motifs is 9. The summed E-state index contributed by atoms with van der Waals surface area (Å²) in [6, 6.07) is 60.0. The zero-order valence-electron chi connectivity index (χ0n) is 45.0. The summed E-state index contributed by atoms with van der Waals surface area (Å²) in [5.41, 5.74) is 24.8. The monoisotopic (exact) mass is 954 g/mol. The molecule has 9 aromatic rings. The first-order valence-corrected chi connectivity index (χ1v) is 26.8. The van der Waals surface area contributed by atoms with E-state index in [-0.39, 0.29) is 33.8 Å². The Balaban J connectivity index is 1.15. The SMILES string of the molecule is Cc1cc2c3c(c1)N(c1ccc(C(C)(C)C)c4c1oc1ccccc14)c1cc(N(c4ccccc4)c4ccccc4)ccc1B3c1cc3c(cc1N2c1ccc2c(c1)C(C)(C)CCC2(C)C)C(C)(C)CC3(C)C. The molecule has 8 aromatic carbocycles. The highest BCUT2D eigenvalue weighted by Gasteiger charge is 2.49. The summed E-state index contributed by atoms with van der Waals surface area (Å²) in [5, 5.41) is 2.33. The van der Waals surface area contributed by atoms with E-state index in [0.717, 1.165) is 57.8 Å². The molecule has 0 bridgehead atoms. The second kappa shape index (κ2) is 15.5. The van der Waals surface area contributed by atoms with Crippen LogP contribution in [0, 0.1) is 6.92 Å². The maximum absolute atomic E-state index is 7.21. The minimum Gasteiger partial charge on any atom is -0.454 e. The van der Waals surface area contributed by atoms with Crippen molar-refractivity contribution in [1.82, 2.24) is 0 Å². The van der Waals surface area contributed by atoms with E-state index in [0.29, 0.717) is 0 Å². The summed E-state index contributed by atoms with van der Waals surface area (Å²) < 4.78 is 7.21. The highest BCUT2D eigenvalue weighted by molar-refractivity contribution is 7.00. The molecule has 0 N–H and O–H groups in total. The molecule has 1 aromatic heterocycles. The van der Waals surface area contributed by atoms with Crippen LogP contribution in [0.1, 0.15) is 129 Å². The first kappa shape index (κ1) is 45.9. The van der Waals surface area contributed by atoms with E-state index >= 15 is 0 Å². The van der Waals surface area contributed by atoms with Gasteiger partial charge in [-0.3, -0.25) is 0 Å². The number of rotatable bonds is 5. The van der Waals surface area contributed by atoms with Gasteiger partial charge in [-0.2, -0.15) is 0 Å². The topological polar surface area (TPSA) is 22.9 Å². The third kappa shape index (κ3) is 6.86. The van der Waals surface area contributed by atoms with Crippen molar-refractivity contribution in [2.45, 2.75) is 129 Å². The second-order valence-electron chi connectivity index (χ2n) is 25.7. The molecule has 0 unspecified atom stereocenters. The Bertz CT molecular complexity index is 3700. The largest absolute Gasteiger partial charge is 0.454 e. The molecule has 0 saturated carbocycles. The lowest BCUT2D eigenvalue weighted by Crippen LogP contribution is -2.61. The van der Waals surface area contributed by atoms with Crippen LogP contribution in [-0.4, -0.2) is 6.71 Å². The molecule has 73 heavy (non-hydrogen) atoms. The van der Waals surface area contributed by atoms with Crippen molar-refractivity contribution in [1.29, 1.82) is 0 Å².